The molecule has 5 nitrogen and oxygen atoms in total. The van der Waals surface area contributed by atoms with Gasteiger partial charge in [0.25, 0.3) is 0 Å². The number of carbonyl (C=O) groups excluding carboxylic acids is 1. The smallest absolute Gasteiger partial charge is 0.407 e. The van der Waals surface area contributed by atoms with Gasteiger partial charge in [-0.15, -0.1) is 0 Å². The molecular formula is C16H31NO4. The summed E-state index contributed by atoms with van der Waals surface area (Å²) >= 11 is 0. The van der Waals surface area contributed by atoms with E-state index in [9.17, 15) is 9.59 Å². The Bertz CT molecular complexity index is 269. The van der Waals surface area contributed by atoms with Gasteiger partial charge in [0, 0.05) is 13.0 Å². The largest absolute Gasteiger partial charge is 0.481 e. The van der Waals surface area contributed by atoms with Gasteiger partial charge in [0.05, 0.1) is 6.61 Å². The summed E-state index contributed by atoms with van der Waals surface area (Å²) in [4.78, 5) is 21.5. The van der Waals surface area contributed by atoms with E-state index in [0.717, 1.165) is 44.9 Å². The van der Waals surface area contributed by atoms with Crippen molar-refractivity contribution >= 4 is 12.1 Å². The van der Waals surface area contributed by atoms with Gasteiger partial charge in [-0.2, -0.15) is 0 Å². The zero-order valence-electron chi connectivity index (χ0n) is 13.4. The van der Waals surface area contributed by atoms with E-state index in [1.807, 2.05) is 0 Å². The molecule has 0 aliphatic heterocycles. The summed E-state index contributed by atoms with van der Waals surface area (Å²) in [5.41, 5.74) is 0. The number of aliphatic carboxylic acids is 1. The number of unbranched alkanes of at least 4 members (excludes halogenated alkanes) is 8. The summed E-state index contributed by atoms with van der Waals surface area (Å²) in [7, 11) is 0. The molecule has 0 aliphatic carbocycles. The average molecular weight is 301 g/mol. The first kappa shape index (κ1) is 19.7. The number of hydrogen-bond acceptors (Lipinski definition) is 3. The lowest BCUT2D eigenvalue weighted by atomic mass is 10.1. The van der Waals surface area contributed by atoms with Crippen molar-refractivity contribution < 1.29 is 19.4 Å². The number of alkyl carbamates (subject to hydrolysis) is 1. The molecule has 0 heterocycles. The minimum Gasteiger partial charge on any atom is -0.481 e. The Morgan fingerprint density at radius 2 is 1.48 bits per heavy atom. The van der Waals surface area contributed by atoms with Crippen LogP contribution in [0.1, 0.15) is 77.6 Å². The van der Waals surface area contributed by atoms with Gasteiger partial charge < -0.3 is 15.2 Å². The molecule has 0 aromatic rings. The van der Waals surface area contributed by atoms with Crippen molar-refractivity contribution in [2.24, 2.45) is 0 Å². The van der Waals surface area contributed by atoms with Crippen LogP contribution in [0.15, 0.2) is 0 Å². The number of amides is 1. The van der Waals surface area contributed by atoms with Crippen molar-refractivity contribution in [3.63, 3.8) is 0 Å². The lowest BCUT2D eigenvalue weighted by Crippen LogP contribution is -2.25. The Hall–Kier alpha value is -1.26. The molecule has 1 amide bonds. The second kappa shape index (κ2) is 15.1. The Kier molecular flexibility index (Phi) is 14.2. The highest BCUT2D eigenvalue weighted by atomic mass is 16.5. The Morgan fingerprint density at radius 1 is 0.905 bits per heavy atom. The maximum absolute atomic E-state index is 11.2. The van der Waals surface area contributed by atoms with E-state index < -0.39 is 5.97 Å². The van der Waals surface area contributed by atoms with Gasteiger partial charge in [0.1, 0.15) is 0 Å². The number of hydrogen-bond donors (Lipinski definition) is 2. The standard InChI is InChI=1S/C16H31NO4/c1-2-3-14-21-16(20)17-13-11-9-7-5-4-6-8-10-12-15(18)19/h2-14H2,1H3,(H,17,20)(H,18,19). The zero-order chi connectivity index (χ0) is 15.8. The van der Waals surface area contributed by atoms with Gasteiger partial charge in [-0.1, -0.05) is 51.9 Å². The summed E-state index contributed by atoms with van der Waals surface area (Å²) in [5, 5.41) is 11.3. The van der Waals surface area contributed by atoms with Crippen LogP contribution >= 0.6 is 0 Å². The molecule has 0 saturated heterocycles. The molecule has 124 valence electrons. The highest BCUT2D eigenvalue weighted by Gasteiger charge is 2.00. The van der Waals surface area contributed by atoms with E-state index >= 15 is 0 Å². The van der Waals surface area contributed by atoms with Crippen molar-refractivity contribution in [3.8, 4) is 0 Å². The average Bonchev–Trinajstić information content (AvgIpc) is 2.44. The molecule has 0 saturated carbocycles. The number of rotatable bonds is 14. The predicted octanol–water partition coefficient (Wildman–Crippen LogP) is 4.11. The highest BCUT2D eigenvalue weighted by Crippen LogP contribution is 2.09. The van der Waals surface area contributed by atoms with E-state index in [1.165, 1.54) is 19.3 Å². The van der Waals surface area contributed by atoms with Gasteiger partial charge in [-0.25, -0.2) is 4.79 Å². The maximum atomic E-state index is 11.2. The first-order chi connectivity index (χ1) is 10.2. The number of carbonyl (C=O) groups is 2. The Balaban J connectivity index is 3.11. The first-order valence-corrected chi connectivity index (χ1v) is 8.29. The van der Waals surface area contributed by atoms with Crippen molar-refractivity contribution in [3.05, 3.63) is 0 Å². The third-order valence-corrected chi connectivity index (χ3v) is 3.32. The fourth-order valence-electron chi connectivity index (χ4n) is 2.01. The Labute approximate surface area is 128 Å². The minimum atomic E-state index is -0.698. The quantitative estimate of drug-likeness (QED) is 0.473. The molecule has 0 radical (unpaired) electrons. The van der Waals surface area contributed by atoms with Crippen molar-refractivity contribution in [1.29, 1.82) is 0 Å². The van der Waals surface area contributed by atoms with Crippen LogP contribution in [-0.2, 0) is 9.53 Å². The second-order valence-electron chi connectivity index (χ2n) is 5.39. The molecule has 0 fully saturated rings. The van der Waals surface area contributed by atoms with Crippen LogP contribution in [0.25, 0.3) is 0 Å². The van der Waals surface area contributed by atoms with E-state index in [-0.39, 0.29) is 6.09 Å². The molecule has 0 rings (SSSR count). The molecule has 0 spiro atoms. The normalized spacial score (nSPS) is 10.3. The summed E-state index contributed by atoms with van der Waals surface area (Å²) in [6.45, 7) is 3.25. The summed E-state index contributed by atoms with van der Waals surface area (Å²) < 4.78 is 4.99. The summed E-state index contributed by atoms with van der Waals surface area (Å²) in [6.07, 6.45) is 10.5. The molecule has 21 heavy (non-hydrogen) atoms. The number of ether oxygens (including phenoxy) is 1. The molecular weight excluding hydrogens is 270 g/mol. The molecule has 0 aromatic carbocycles. The van der Waals surface area contributed by atoms with E-state index in [0.29, 0.717) is 19.6 Å². The van der Waals surface area contributed by atoms with Gasteiger partial charge in [0.15, 0.2) is 0 Å². The van der Waals surface area contributed by atoms with Gasteiger partial charge in [-0.05, 0) is 19.3 Å². The lowest BCUT2D eigenvalue weighted by molar-refractivity contribution is -0.137. The summed E-state index contributed by atoms with van der Waals surface area (Å²) in [5.74, 6) is -0.698. The van der Waals surface area contributed by atoms with Crippen molar-refractivity contribution in [1.82, 2.24) is 5.32 Å². The van der Waals surface area contributed by atoms with E-state index in [1.54, 1.807) is 0 Å². The Morgan fingerprint density at radius 3 is 2.05 bits per heavy atom. The zero-order valence-corrected chi connectivity index (χ0v) is 13.4. The third kappa shape index (κ3) is 16.7. The highest BCUT2D eigenvalue weighted by molar-refractivity contribution is 5.67. The van der Waals surface area contributed by atoms with Gasteiger partial charge >= 0.3 is 12.1 Å². The number of carboxylic acids is 1. The van der Waals surface area contributed by atoms with Crippen LogP contribution in [0.3, 0.4) is 0 Å². The summed E-state index contributed by atoms with van der Waals surface area (Å²) in [6, 6.07) is 0. The minimum absolute atomic E-state index is 0.292. The lowest BCUT2D eigenvalue weighted by Gasteiger charge is -2.06. The fraction of sp³-hybridized carbons (Fsp3) is 0.875. The topological polar surface area (TPSA) is 75.6 Å². The molecule has 0 bridgehead atoms. The predicted molar refractivity (Wildman–Crippen MR) is 83.4 cm³/mol. The first-order valence-electron chi connectivity index (χ1n) is 8.29. The molecule has 0 unspecified atom stereocenters. The maximum Gasteiger partial charge on any atom is 0.407 e. The number of nitrogens with one attached hydrogen (secondary N) is 1. The SMILES string of the molecule is CCCCOC(=O)NCCCCCCCCCCC(=O)O. The van der Waals surface area contributed by atoms with E-state index in [4.69, 9.17) is 9.84 Å². The van der Waals surface area contributed by atoms with Crippen LogP contribution < -0.4 is 5.32 Å². The molecule has 2 N–H and O–H groups in total. The van der Waals surface area contributed by atoms with Gasteiger partial charge in [-0.3, -0.25) is 4.79 Å². The van der Waals surface area contributed by atoms with E-state index in [2.05, 4.69) is 12.2 Å². The van der Waals surface area contributed by atoms with Crippen molar-refractivity contribution in [2.45, 2.75) is 77.6 Å². The molecule has 0 aromatic heterocycles. The van der Waals surface area contributed by atoms with Crippen LogP contribution in [0.4, 0.5) is 4.79 Å². The third-order valence-electron chi connectivity index (χ3n) is 3.32. The fourth-order valence-corrected chi connectivity index (χ4v) is 2.01. The van der Waals surface area contributed by atoms with Crippen LogP contribution in [0.2, 0.25) is 0 Å². The molecule has 5 heteroatoms. The number of carboxylic acid groups (broad SMARTS) is 1. The monoisotopic (exact) mass is 301 g/mol. The van der Waals surface area contributed by atoms with Crippen molar-refractivity contribution in [2.75, 3.05) is 13.2 Å². The molecule has 0 aliphatic rings. The van der Waals surface area contributed by atoms with Crippen LogP contribution in [0.5, 0.6) is 0 Å². The van der Waals surface area contributed by atoms with Gasteiger partial charge in [0.2, 0.25) is 0 Å². The molecule has 0 atom stereocenters. The second-order valence-corrected chi connectivity index (χ2v) is 5.39. The van der Waals surface area contributed by atoms with Crippen LogP contribution in [-0.4, -0.2) is 30.3 Å². The van der Waals surface area contributed by atoms with Crippen LogP contribution in [0, 0.1) is 0 Å².